The number of hydrogen-bond donors (Lipinski definition) is 0. The van der Waals surface area contributed by atoms with Gasteiger partial charge in [-0.25, -0.2) is 4.98 Å². The fourth-order valence-electron chi connectivity index (χ4n) is 12.3. The van der Waals surface area contributed by atoms with Crippen LogP contribution in [0.3, 0.4) is 0 Å². The normalized spacial score (nSPS) is 15.0. The van der Waals surface area contributed by atoms with Crippen molar-refractivity contribution >= 4 is 76.5 Å². The minimum atomic E-state index is -3.51. The van der Waals surface area contributed by atoms with E-state index in [4.69, 9.17) is 22.1 Å². The Hall–Kier alpha value is -8.11. The Bertz CT molecular complexity index is 5050. The first kappa shape index (κ1) is 48.1. The monoisotopic (exact) mass is 1310 g/mol. The average Bonchev–Trinajstić information content (AvgIpc) is 0.769. The van der Waals surface area contributed by atoms with Crippen molar-refractivity contribution in [3.63, 3.8) is 0 Å². The quantitative estimate of drug-likeness (QED) is 0.156. The van der Waals surface area contributed by atoms with E-state index >= 15 is 0 Å². The Labute approximate surface area is 535 Å². The summed E-state index contributed by atoms with van der Waals surface area (Å²) >= 11 is 0. The number of anilines is 2. The smallest absolute Gasteiger partial charge is 0.135 e. The van der Waals surface area contributed by atoms with Crippen LogP contribution >= 0.6 is 0 Å². The second-order valence-corrected chi connectivity index (χ2v) is 27.2. The molecule has 12 aromatic rings. The van der Waals surface area contributed by atoms with Gasteiger partial charge in [0.2, 0.25) is 0 Å². The van der Waals surface area contributed by atoms with Crippen LogP contribution in [0.15, 0.2) is 188 Å². The summed E-state index contributed by atoms with van der Waals surface area (Å²) in [5.74, 6) is 1.70. The minimum Gasteiger partial charge on any atom is -0.509 e. The Kier molecular flexibility index (Phi) is 11.8. The maximum atomic E-state index is 8.97. The molecule has 0 saturated carbocycles. The molecule has 9 aromatic carbocycles. The van der Waals surface area contributed by atoms with Crippen LogP contribution in [0.2, 0.25) is 0 Å². The van der Waals surface area contributed by atoms with E-state index in [1.807, 2.05) is 93.7 Å². The molecule has 0 aliphatic carbocycles. The van der Waals surface area contributed by atoms with Crippen LogP contribution in [0, 0.1) is 18.8 Å². The van der Waals surface area contributed by atoms with Gasteiger partial charge in [-0.3, -0.25) is 0 Å². The van der Waals surface area contributed by atoms with Crippen molar-refractivity contribution < 1.29 is 38.1 Å². The van der Waals surface area contributed by atoms with Gasteiger partial charge in [0.05, 0.1) is 0 Å². The third-order valence-corrected chi connectivity index (χ3v) is 17.0. The van der Waals surface area contributed by atoms with Crippen molar-refractivity contribution in [3.8, 4) is 39.6 Å². The van der Waals surface area contributed by atoms with Gasteiger partial charge in [-0.15, -0.1) is 35.7 Å². The van der Waals surface area contributed by atoms with Crippen molar-refractivity contribution in [2.45, 2.75) is 131 Å². The van der Waals surface area contributed by atoms with E-state index in [1.54, 1.807) is 0 Å². The number of hydrogen-bond acceptors (Lipinski definition) is 3. The molecule has 5 nitrogen and oxygen atoms in total. The number of ether oxygens (including phenoxy) is 1. The fourth-order valence-corrected chi connectivity index (χ4v) is 12.3. The van der Waals surface area contributed by atoms with E-state index in [2.05, 4.69) is 198 Å². The van der Waals surface area contributed by atoms with E-state index in [9.17, 15) is 0 Å². The summed E-state index contributed by atoms with van der Waals surface area (Å²) in [5.41, 5.74) is 7.00. The summed E-state index contributed by atoms with van der Waals surface area (Å²) in [6, 6.07) is 69.0. The molecule has 0 saturated heterocycles. The molecule has 86 heavy (non-hydrogen) atoms. The zero-order valence-electron chi connectivity index (χ0n) is 60.0. The number of benzene rings is 9. The van der Waals surface area contributed by atoms with Gasteiger partial charge in [-0.05, 0) is 151 Å². The molecule has 0 bridgehead atoms. The van der Waals surface area contributed by atoms with Gasteiger partial charge < -0.3 is 18.8 Å². The zero-order valence-corrected chi connectivity index (χ0v) is 53.3. The third-order valence-electron chi connectivity index (χ3n) is 17.0. The van der Waals surface area contributed by atoms with Crippen LogP contribution < -0.4 is 9.64 Å². The number of aromatic nitrogens is 3. The minimum absolute atomic E-state index is 0. The van der Waals surface area contributed by atoms with Gasteiger partial charge in [0, 0.05) is 62.3 Å². The van der Waals surface area contributed by atoms with Crippen molar-refractivity contribution in [2.24, 2.45) is 0 Å². The van der Waals surface area contributed by atoms with Crippen molar-refractivity contribution in [2.75, 3.05) is 4.90 Å². The molecule has 0 radical (unpaired) electrons. The van der Waals surface area contributed by atoms with Crippen molar-refractivity contribution in [3.05, 3.63) is 235 Å². The molecule has 0 atom stereocenters. The third kappa shape index (κ3) is 10.3. The number of rotatable bonds is 6. The Morgan fingerprint density at radius 1 is 0.430 bits per heavy atom. The van der Waals surface area contributed by atoms with Crippen molar-refractivity contribution in [1.82, 2.24) is 14.1 Å². The molecule has 0 N–H and O–H groups in total. The molecule has 1 aliphatic rings. The van der Waals surface area contributed by atoms with Gasteiger partial charge in [-0.2, -0.15) is 12.1 Å². The van der Waals surface area contributed by atoms with Crippen LogP contribution in [0.25, 0.3) is 93.2 Å². The van der Waals surface area contributed by atoms with Gasteiger partial charge in [0.1, 0.15) is 5.82 Å². The van der Waals surface area contributed by atoms with Crippen LogP contribution in [-0.4, -0.2) is 14.1 Å². The van der Waals surface area contributed by atoms with E-state index in [0.29, 0.717) is 39.4 Å². The second-order valence-electron chi connectivity index (χ2n) is 27.2. The summed E-state index contributed by atoms with van der Waals surface area (Å²) in [6.07, 6.45) is 1.87. The first-order chi connectivity index (χ1) is 44.0. The Morgan fingerprint density at radius 2 is 0.930 bits per heavy atom. The van der Waals surface area contributed by atoms with Crippen LogP contribution in [0.5, 0.6) is 11.5 Å². The summed E-state index contributed by atoms with van der Waals surface area (Å²) in [7, 11) is 0. The van der Waals surface area contributed by atoms with E-state index in [0.717, 1.165) is 87.8 Å². The molecule has 6 heteroatoms. The van der Waals surface area contributed by atoms with E-state index in [-0.39, 0.29) is 42.9 Å². The zero-order chi connectivity index (χ0) is 67.2. The molecular weight excluding hydrogens is 1230 g/mol. The van der Waals surface area contributed by atoms with Gasteiger partial charge >= 0.3 is 0 Å². The molecule has 4 heterocycles. The standard InChI is InChI=1S/C80H77N4O.Pt/c1-76(2,3)52-38-39-81-72(46-52)84-70-33-21-20-30-66(70)67-35-34-59(48-71(67)84)85-58-25-22-24-57(47-58)82-49-83-73-60(50-40-53(77(4,5)6)44-54(41-50)78(7,8)9)31-23-32-68(73)64-28-18-16-26-62(64)63-27-17-19-29-65(63)69-37-36-61(74(82)75(69)83)51-42-55(79(10,11)12)45-56(43-51)80(13,14)15;/h16-46,49H,1-15H3;/q-3;/i4D3,5D3,6D3;. The predicted octanol–water partition coefficient (Wildman–Crippen LogP) is 22.0. The van der Waals surface area contributed by atoms with Crippen LogP contribution in [0.4, 0.5) is 11.4 Å². The molecule has 3 aromatic heterocycles. The summed E-state index contributed by atoms with van der Waals surface area (Å²) in [4.78, 5) is 7.10. The molecular formula is C80H77N4OPt-3. The molecule has 0 amide bonds. The number of nitrogens with zero attached hydrogens (tertiary/aromatic N) is 4. The molecule has 0 spiro atoms. The van der Waals surface area contributed by atoms with Gasteiger partial charge in [-0.1, -0.05) is 248 Å². The SMILES string of the molecule is [2H]C([2H])([2H])C(c1cc(-c2cccc3c4ccccc4c4ccccc4c4ccc(-c5cc(C(C)(C)C)cc(C(C)(C)C)c5)c5c4n(c23)[CH-]N5c2[c-]c(Oc3[c-]c4c(cc3)c3ccccc3n4-c3cc(C(C)(C)C)ccn3)ccc2)cc(C(C)(C)C)c1)(C([2H])([2H])[2H])C([2H])([2H])[2H].[Pt]. The van der Waals surface area contributed by atoms with E-state index < -0.39 is 31.4 Å². The summed E-state index contributed by atoms with van der Waals surface area (Å²) < 4.78 is 92.1. The molecule has 436 valence electrons. The molecule has 0 unspecified atom stereocenters. The first-order valence-electron chi connectivity index (χ1n) is 33.9. The van der Waals surface area contributed by atoms with Crippen LogP contribution in [0.1, 0.15) is 144 Å². The maximum Gasteiger partial charge on any atom is 0.135 e. The molecule has 13 rings (SSSR count). The summed E-state index contributed by atoms with van der Waals surface area (Å²) in [6.45, 7) is 17.5. The average molecular weight is 1310 g/mol. The van der Waals surface area contributed by atoms with Gasteiger partial charge in [0.25, 0.3) is 0 Å². The Morgan fingerprint density at radius 3 is 1.52 bits per heavy atom. The van der Waals surface area contributed by atoms with E-state index in [1.165, 1.54) is 23.3 Å². The first-order valence-corrected chi connectivity index (χ1v) is 29.4. The molecule has 0 fully saturated rings. The Balaban J connectivity index is 0.00000864. The maximum absolute atomic E-state index is 8.97. The number of para-hydroxylation sites is 2. The van der Waals surface area contributed by atoms with Crippen LogP contribution in [-0.2, 0) is 48.1 Å². The van der Waals surface area contributed by atoms with Gasteiger partial charge in [0.15, 0.2) is 0 Å². The second kappa shape index (κ2) is 21.1. The number of pyridine rings is 1. The topological polar surface area (TPSA) is 35.2 Å². The summed E-state index contributed by atoms with van der Waals surface area (Å²) in [5, 5.41) is 7.65. The predicted molar refractivity (Wildman–Crippen MR) is 361 cm³/mol. The largest absolute Gasteiger partial charge is 0.509 e. The fraction of sp³-hybridized carbons (Fsp3) is 0.250. The number of fused-ring (bicyclic) bond motifs is 10. The molecule has 1 aliphatic heterocycles. The van der Waals surface area contributed by atoms with Crippen molar-refractivity contribution in [1.29, 1.82) is 0 Å².